The van der Waals surface area contributed by atoms with Crippen LogP contribution in [0.4, 0.5) is 0 Å². The maximum Gasteiger partial charge on any atom is 0.328 e. The molecule has 0 amide bonds. The number of carboxylic acids is 1. The predicted octanol–water partition coefficient (Wildman–Crippen LogP) is 3.14. The number of hydrogen-bond donors (Lipinski definition) is 1. The summed E-state index contributed by atoms with van der Waals surface area (Å²) in [5.41, 5.74) is 2.65. The minimum Gasteiger partial charge on any atom is -0.478 e. The summed E-state index contributed by atoms with van der Waals surface area (Å²) in [4.78, 5) is 22.2. The van der Waals surface area contributed by atoms with Gasteiger partial charge in [0.25, 0.3) is 0 Å². The molecular weight excluding hydrogens is 228 g/mol. The molecule has 98 valence electrons. The maximum absolute atomic E-state index is 11.7. The van der Waals surface area contributed by atoms with Gasteiger partial charge in [-0.05, 0) is 37.8 Å². The molecule has 1 rings (SSSR count). The molecule has 0 fully saturated rings. The third kappa shape index (κ3) is 3.42. The highest BCUT2D eigenvalue weighted by molar-refractivity contribution is 5.96. The van der Waals surface area contributed by atoms with E-state index in [1.54, 1.807) is 6.92 Å². The average Bonchev–Trinajstić information content (AvgIpc) is 2.25. The normalized spacial score (nSPS) is 26.0. The first kappa shape index (κ1) is 14.4. The number of hydrogen-bond acceptors (Lipinski definition) is 2. The zero-order chi connectivity index (χ0) is 13.9. The Morgan fingerprint density at radius 3 is 2.56 bits per heavy atom. The van der Waals surface area contributed by atoms with Crippen molar-refractivity contribution >= 4 is 11.8 Å². The quantitative estimate of drug-likeness (QED) is 0.616. The van der Waals surface area contributed by atoms with Crippen LogP contribution in [0.3, 0.4) is 0 Å². The third-order valence-electron chi connectivity index (χ3n) is 3.55. The predicted molar refractivity (Wildman–Crippen MR) is 71.2 cm³/mol. The number of rotatable bonds is 3. The second kappa shape index (κ2) is 5.80. The van der Waals surface area contributed by atoms with Crippen LogP contribution in [0.1, 0.15) is 34.1 Å². The summed E-state index contributed by atoms with van der Waals surface area (Å²) >= 11 is 0. The van der Waals surface area contributed by atoms with Crippen molar-refractivity contribution in [2.24, 2.45) is 11.8 Å². The molecular formula is C15H20O3. The SMILES string of the molecule is CC1=C(C)[C@H](/C=C/C(C)=C/C(=O)O)C(C)CC1=O. The smallest absolute Gasteiger partial charge is 0.328 e. The molecule has 1 unspecified atom stereocenters. The molecule has 0 bridgehead atoms. The summed E-state index contributed by atoms with van der Waals surface area (Å²) in [6.07, 6.45) is 5.58. The van der Waals surface area contributed by atoms with Crippen LogP contribution in [0, 0.1) is 11.8 Å². The van der Waals surface area contributed by atoms with Crippen LogP contribution in [0.2, 0.25) is 0 Å². The van der Waals surface area contributed by atoms with Crippen molar-refractivity contribution in [1.82, 2.24) is 0 Å². The van der Waals surface area contributed by atoms with Gasteiger partial charge in [0, 0.05) is 18.4 Å². The first-order chi connectivity index (χ1) is 8.32. The fraction of sp³-hybridized carbons (Fsp3) is 0.467. The lowest BCUT2D eigenvalue weighted by molar-refractivity contribution is -0.131. The Kier molecular flexibility index (Phi) is 4.65. The van der Waals surface area contributed by atoms with Gasteiger partial charge in [-0.2, -0.15) is 0 Å². The molecule has 0 aromatic rings. The van der Waals surface area contributed by atoms with Gasteiger partial charge in [0.05, 0.1) is 0 Å². The molecule has 1 aliphatic rings. The molecule has 0 aliphatic heterocycles. The van der Waals surface area contributed by atoms with Gasteiger partial charge < -0.3 is 5.11 Å². The Morgan fingerprint density at radius 2 is 2.00 bits per heavy atom. The van der Waals surface area contributed by atoms with Gasteiger partial charge in [0.1, 0.15) is 0 Å². The van der Waals surface area contributed by atoms with Gasteiger partial charge >= 0.3 is 5.97 Å². The minimum atomic E-state index is -0.938. The number of allylic oxidation sites excluding steroid dienone is 5. The van der Waals surface area contributed by atoms with Gasteiger partial charge in [-0.15, -0.1) is 0 Å². The summed E-state index contributed by atoms with van der Waals surface area (Å²) in [6, 6.07) is 0. The van der Waals surface area contributed by atoms with Crippen molar-refractivity contribution in [2.75, 3.05) is 0 Å². The number of carbonyl (C=O) groups is 2. The van der Waals surface area contributed by atoms with Crippen LogP contribution >= 0.6 is 0 Å². The van der Waals surface area contributed by atoms with Crippen LogP contribution in [-0.4, -0.2) is 16.9 Å². The van der Waals surface area contributed by atoms with Gasteiger partial charge in [-0.1, -0.05) is 24.6 Å². The molecule has 0 spiro atoms. The topological polar surface area (TPSA) is 54.4 Å². The van der Waals surface area contributed by atoms with E-state index in [1.807, 2.05) is 26.0 Å². The Balaban J connectivity index is 2.93. The van der Waals surface area contributed by atoms with Crippen LogP contribution in [0.15, 0.2) is 34.9 Å². The van der Waals surface area contributed by atoms with Crippen LogP contribution in [-0.2, 0) is 9.59 Å². The molecule has 3 nitrogen and oxygen atoms in total. The third-order valence-corrected chi connectivity index (χ3v) is 3.55. The summed E-state index contributed by atoms with van der Waals surface area (Å²) in [7, 11) is 0. The molecule has 0 radical (unpaired) electrons. The van der Waals surface area contributed by atoms with Crippen LogP contribution < -0.4 is 0 Å². The molecule has 0 aromatic carbocycles. The van der Waals surface area contributed by atoms with E-state index >= 15 is 0 Å². The molecule has 0 aromatic heterocycles. The van der Waals surface area contributed by atoms with E-state index in [0.717, 1.165) is 11.1 Å². The highest BCUT2D eigenvalue weighted by Gasteiger charge is 2.27. The lowest BCUT2D eigenvalue weighted by Gasteiger charge is -2.28. The van der Waals surface area contributed by atoms with Crippen molar-refractivity contribution in [2.45, 2.75) is 34.1 Å². The Labute approximate surface area is 108 Å². The summed E-state index contributed by atoms with van der Waals surface area (Å²) in [5.74, 6) is -0.218. The summed E-state index contributed by atoms with van der Waals surface area (Å²) < 4.78 is 0. The fourth-order valence-corrected chi connectivity index (χ4v) is 2.30. The van der Waals surface area contributed by atoms with E-state index in [0.29, 0.717) is 12.0 Å². The molecule has 3 heteroatoms. The largest absolute Gasteiger partial charge is 0.478 e. The number of aliphatic carboxylic acids is 1. The van der Waals surface area contributed by atoms with Crippen molar-refractivity contribution in [1.29, 1.82) is 0 Å². The monoisotopic (exact) mass is 248 g/mol. The van der Waals surface area contributed by atoms with Crippen molar-refractivity contribution in [3.63, 3.8) is 0 Å². The molecule has 18 heavy (non-hydrogen) atoms. The Bertz CT molecular complexity index is 452. The zero-order valence-corrected chi connectivity index (χ0v) is 11.4. The molecule has 1 aliphatic carbocycles. The Morgan fingerprint density at radius 1 is 1.39 bits per heavy atom. The van der Waals surface area contributed by atoms with Crippen molar-refractivity contribution in [3.05, 3.63) is 34.9 Å². The van der Waals surface area contributed by atoms with E-state index in [9.17, 15) is 9.59 Å². The van der Waals surface area contributed by atoms with Gasteiger partial charge in [-0.3, -0.25) is 4.79 Å². The standard InChI is InChI=1S/C15H20O3/c1-9(7-15(17)18)5-6-13-10(2)8-14(16)12(4)11(13)3/h5-7,10,13H,8H2,1-4H3,(H,17,18)/b6-5+,9-7+/t10?,13-/m1/s1. The van der Waals surface area contributed by atoms with E-state index in [4.69, 9.17) is 5.11 Å². The number of carbonyl (C=O) groups excluding carboxylic acids is 1. The van der Waals surface area contributed by atoms with Gasteiger partial charge in [0.2, 0.25) is 0 Å². The second-order valence-corrected chi connectivity index (χ2v) is 5.02. The number of carboxylic acid groups (broad SMARTS) is 1. The second-order valence-electron chi connectivity index (χ2n) is 5.02. The Hall–Kier alpha value is -1.64. The van der Waals surface area contributed by atoms with Gasteiger partial charge in [0.15, 0.2) is 5.78 Å². The molecule has 0 saturated heterocycles. The zero-order valence-electron chi connectivity index (χ0n) is 11.4. The lowest BCUT2D eigenvalue weighted by atomic mass is 9.76. The van der Waals surface area contributed by atoms with Gasteiger partial charge in [-0.25, -0.2) is 4.79 Å². The van der Waals surface area contributed by atoms with E-state index in [-0.39, 0.29) is 17.6 Å². The highest BCUT2D eigenvalue weighted by atomic mass is 16.4. The van der Waals surface area contributed by atoms with Crippen LogP contribution in [0.25, 0.3) is 0 Å². The molecule has 1 N–H and O–H groups in total. The summed E-state index contributed by atoms with van der Waals surface area (Å²) in [6.45, 7) is 7.66. The fourth-order valence-electron chi connectivity index (χ4n) is 2.30. The maximum atomic E-state index is 11.7. The van der Waals surface area contributed by atoms with Crippen molar-refractivity contribution < 1.29 is 14.7 Å². The van der Waals surface area contributed by atoms with E-state index < -0.39 is 5.97 Å². The number of ketones is 1. The van der Waals surface area contributed by atoms with Crippen molar-refractivity contribution in [3.8, 4) is 0 Å². The molecule has 0 saturated carbocycles. The van der Waals surface area contributed by atoms with Crippen LogP contribution in [0.5, 0.6) is 0 Å². The lowest BCUT2D eigenvalue weighted by Crippen LogP contribution is -2.23. The number of Topliss-reactive ketones (excluding diaryl/α,β-unsaturated/α-hetero) is 1. The van der Waals surface area contributed by atoms with E-state index in [2.05, 4.69) is 6.92 Å². The first-order valence-corrected chi connectivity index (χ1v) is 6.13. The molecule has 0 heterocycles. The molecule has 2 atom stereocenters. The first-order valence-electron chi connectivity index (χ1n) is 6.13. The summed E-state index contributed by atoms with van der Waals surface area (Å²) in [5, 5.41) is 8.64. The minimum absolute atomic E-state index is 0.222. The van der Waals surface area contributed by atoms with E-state index in [1.165, 1.54) is 6.08 Å². The average molecular weight is 248 g/mol. The highest BCUT2D eigenvalue weighted by Crippen LogP contribution is 2.33.